The summed E-state index contributed by atoms with van der Waals surface area (Å²) < 4.78 is 10.4. The highest BCUT2D eigenvalue weighted by Crippen LogP contribution is 2.33. The van der Waals surface area contributed by atoms with Gasteiger partial charge in [0.1, 0.15) is 12.2 Å². The van der Waals surface area contributed by atoms with Crippen molar-refractivity contribution in [2.24, 2.45) is 0 Å². The number of H-pyrrole nitrogens is 1. The Labute approximate surface area is 68.5 Å². The molecule has 7 heteroatoms. The molecular weight excluding hydrogens is 181 g/mol. The summed E-state index contributed by atoms with van der Waals surface area (Å²) in [6.07, 6.45) is 3.85. The zero-order chi connectivity index (χ0) is 9.03. The van der Waals surface area contributed by atoms with Gasteiger partial charge in [-0.05, 0) is 6.08 Å². The van der Waals surface area contributed by atoms with Crippen molar-refractivity contribution in [1.29, 1.82) is 0 Å². The van der Waals surface area contributed by atoms with Gasteiger partial charge in [0.25, 0.3) is 0 Å². The van der Waals surface area contributed by atoms with Crippen LogP contribution in [0.15, 0.2) is 12.4 Å². The lowest BCUT2D eigenvalue weighted by Crippen LogP contribution is -1.82. The van der Waals surface area contributed by atoms with Gasteiger partial charge < -0.3 is 9.79 Å². The maximum Gasteiger partial charge on any atom is 0.329 e. The molecule has 0 aliphatic rings. The van der Waals surface area contributed by atoms with E-state index in [2.05, 4.69) is 15.2 Å². The summed E-state index contributed by atoms with van der Waals surface area (Å²) in [6, 6.07) is 0. The molecule has 0 fully saturated rings. The molecule has 0 radical (unpaired) electrons. The Bertz CT molecular complexity index is 302. The minimum Gasteiger partial charge on any atom is -0.324 e. The van der Waals surface area contributed by atoms with Gasteiger partial charge in [-0.15, -0.1) is 0 Å². The number of aromatic amines is 1. The summed E-state index contributed by atoms with van der Waals surface area (Å²) in [5, 5.41) is 6.08. The topological polar surface area (TPSA) is 99.1 Å². The number of allylic oxidation sites excluding steroid dienone is 1. The van der Waals surface area contributed by atoms with Crippen LogP contribution in [0, 0.1) is 0 Å². The monoisotopic (exact) mass is 189 g/mol. The fraction of sp³-hybridized carbons (Fsp3) is 0.200. The average molecular weight is 189 g/mol. The normalized spacial score (nSPS) is 12.5. The van der Waals surface area contributed by atoms with E-state index in [1.807, 2.05) is 0 Å². The Balaban J connectivity index is 2.48. The van der Waals surface area contributed by atoms with Gasteiger partial charge in [-0.25, -0.2) is 4.98 Å². The molecule has 0 saturated carbocycles. The van der Waals surface area contributed by atoms with Gasteiger partial charge >= 0.3 is 7.60 Å². The smallest absolute Gasteiger partial charge is 0.324 e. The fourth-order valence-electron chi connectivity index (χ4n) is 0.597. The van der Waals surface area contributed by atoms with Crippen LogP contribution < -0.4 is 0 Å². The molecular formula is C5H8N3O3P. The van der Waals surface area contributed by atoms with Gasteiger partial charge in [0.05, 0.1) is 6.16 Å². The van der Waals surface area contributed by atoms with E-state index >= 15 is 0 Å². The highest BCUT2D eigenvalue weighted by atomic mass is 31.2. The molecule has 0 spiro atoms. The van der Waals surface area contributed by atoms with Gasteiger partial charge in [-0.2, -0.15) is 5.10 Å². The predicted octanol–water partition coefficient (Wildman–Crippen LogP) is -0.00440. The molecule has 0 aliphatic carbocycles. The van der Waals surface area contributed by atoms with Crippen LogP contribution in [-0.2, 0) is 4.57 Å². The van der Waals surface area contributed by atoms with E-state index in [4.69, 9.17) is 9.79 Å². The molecule has 66 valence electrons. The van der Waals surface area contributed by atoms with Gasteiger partial charge in [-0.3, -0.25) is 9.66 Å². The predicted molar refractivity (Wildman–Crippen MR) is 42.3 cm³/mol. The molecule has 0 aromatic carbocycles. The van der Waals surface area contributed by atoms with Gasteiger partial charge in [-0.1, -0.05) is 6.08 Å². The second-order valence-corrected chi connectivity index (χ2v) is 3.81. The second-order valence-electron chi connectivity index (χ2n) is 2.12. The molecule has 0 unspecified atom stereocenters. The van der Waals surface area contributed by atoms with Crippen LogP contribution in [0.5, 0.6) is 0 Å². The Morgan fingerprint density at radius 3 is 2.92 bits per heavy atom. The lowest BCUT2D eigenvalue weighted by atomic mass is 10.5. The second kappa shape index (κ2) is 3.62. The van der Waals surface area contributed by atoms with Crippen LogP contribution in [0.4, 0.5) is 0 Å². The zero-order valence-corrected chi connectivity index (χ0v) is 6.98. The first-order valence-electron chi connectivity index (χ1n) is 3.14. The van der Waals surface area contributed by atoms with E-state index in [9.17, 15) is 4.57 Å². The van der Waals surface area contributed by atoms with E-state index in [1.54, 1.807) is 0 Å². The lowest BCUT2D eigenvalue weighted by Gasteiger charge is -1.95. The van der Waals surface area contributed by atoms with E-state index in [0.717, 1.165) is 0 Å². The van der Waals surface area contributed by atoms with Gasteiger partial charge in [0.15, 0.2) is 0 Å². The fourth-order valence-corrected chi connectivity index (χ4v) is 0.977. The SMILES string of the molecule is O=P(O)(O)CC=Cc1ncn[nH]1. The molecule has 1 heterocycles. The Morgan fingerprint density at radius 1 is 1.67 bits per heavy atom. The van der Waals surface area contributed by atoms with Gasteiger partial charge in [0.2, 0.25) is 0 Å². The van der Waals surface area contributed by atoms with Crippen LogP contribution in [0.3, 0.4) is 0 Å². The van der Waals surface area contributed by atoms with Gasteiger partial charge in [0, 0.05) is 0 Å². The number of nitrogens with one attached hydrogen (secondary N) is 1. The van der Waals surface area contributed by atoms with Crippen molar-refractivity contribution < 1.29 is 14.4 Å². The molecule has 0 aliphatic heterocycles. The molecule has 6 nitrogen and oxygen atoms in total. The largest absolute Gasteiger partial charge is 0.329 e. The van der Waals surface area contributed by atoms with Crippen molar-refractivity contribution in [3.05, 3.63) is 18.2 Å². The van der Waals surface area contributed by atoms with Crippen molar-refractivity contribution in [3.63, 3.8) is 0 Å². The quantitative estimate of drug-likeness (QED) is 0.581. The highest BCUT2D eigenvalue weighted by molar-refractivity contribution is 7.51. The van der Waals surface area contributed by atoms with Crippen molar-refractivity contribution in [2.75, 3.05) is 6.16 Å². The first-order chi connectivity index (χ1) is 5.58. The lowest BCUT2D eigenvalue weighted by molar-refractivity contribution is 0.377. The van der Waals surface area contributed by atoms with Crippen molar-refractivity contribution in [3.8, 4) is 0 Å². The van der Waals surface area contributed by atoms with E-state index in [-0.39, 0.29) is 6.16 Å². The molecule has 0 bridgehead atoms. The van der Waals surface area contributed by atoms with Crippen molar-refractivity contribution in [1.82, 2.24) is 15.2 Å². The van der Waals surface area contributed by atoms with E-state index < -0.39 is 7.60 Å². The summed E-state index contributed by atoms with van der Waals surface area (Å²) in [7, 11) is -3.93. The highest BCUT2D eigenvalue weighted by Gasteiger charge is 2.08. The maximum absolute atomic E-state index is 10.4. The third kappa shape index (κ3) is 3.43. The molecule has 0 atom stereocenters. The number of nitrogens with zero attached hydrogens (tertiary/aromatic N) is 2. The summed E-state index contributed by atoms with van der Waals surface area (Å²) >= 11 is 0. The third-order valence-corrected chi connectivity index (χ3v) is 1.74. The summed E-state index contributed by atoms with van der Waals surface area (Å²) in [5.74, 6) is 0.475. The zero-order valence-electron chi connectivity index (χ0n) is 6.08. The number of hydrogen-bond donors (Lipinski definition) is 3. The molecule has 1 aromatic heterocycles. The first kappa shape index (κ1) is 9.12. The number of rotatable bonds is 3. The Kier molecular flexibility index (Phi) is 2.75. The standard InChI is InChI=1S/C5H8N3O3P/c9-12(10,11)3-1-2-5-6-4-7-8-5/h1-2,4H,3H2,(H,6,7,8)(H2,9,10,11). The minimum atomic E-state index is -3.93. The maximum atomic E-state index is 10.4. The summed E-state index contributed by atoms with van der Waals surface area (Å²) in [6.45, 7) is 0. The third-order valence-electron chi connectivity index (χ3n) is 1.05. The average Bonchev–Trinajstić information content (AvgIpc) is 2.36. The first-order valence-corrected chi connectivity index (χ1v) is 4.94. The molecule has 0 amide bonds. The number of aromatic nitrogens is 3. The van der Waals surface area contributed by atoms with Crippen LogP contribution in [0.2, 0.25) is 0 Å². The van der Waals surface area contributed by atoms with Crippen molar-refractivity contribution in [2.45, 2.75) is 0 Å². The molecule has 12 heavy (non-hydrogen) atoms. The van der Waals surface area contributed by atoms with E-state index in [1.165, 1.54) is 18.5 Å². The Hall–Kier alpha value is -0.970. The van der Waals surface area contributed by atoms with Crippen molar-refractivity contribution >= 4 is 13.7 Å². The van der Waals surface area contributed by atoms with Crippen LogP contribution in [0.25, 0.3) is 6.08 Å². The van der Waals surface area contributed by atoms with E-state index in [0.29, 0.717) is 5.82 Å². The molecule has 3 N–H and O–H groups in total. The summed E-state index contributed by atoms with van der Waals surface area (Å²) in [5.41, 5.74) is 0. The molecule has 0 saturated heterocycles. The molecule has 1 rings (SSSR count). The van der Waals surface area contributed by atoms with Crippen LogP contribution in [-0.4, -0.2) is 31.1 Å². The summed E-state index contributed by atoms with van der Waals surface area (Å²) in [4.78, 5) is 20.6. The van der Waals surface area contributed by atoms with Crippen LogP contribution in [0.1, 0.15) is 5.82 Å². The minimum absolute atomic E-state index is 0.284. The number of hydrogen-bond acceptors (Lipinski definition) is 3. The molecule has 1 aromatic rings. The van der Waals surface area contributed by atoms with Crippen LogP contribution >= 0.6 is 7.60 Å². The Morgan fingerprint density at radius 2 is 2.42 bits per heavy atom.